The van der Waals surface area contributed by atoms with Crippen LogP contribution in [-0.4, -0.2) is 78.9 Å². The van der Waals surface area contributed by atoms with E-state index in [1.165, 1.54) is 6.42 Å². The summed E-state index contributed by atoms with van der Waals surface area (Å²) in [7, 11) is 0. The second-order valence-corrected chi connectivity index (χ2v) is 9.16. The van der Waals surface area contributed by atoms with Gasteiger partial charge in [0, 0.05) is 45.0 Å². The summed E-state index contributed by atoms with van der Waals surface area (Å²) in [6.45, 7) is 14.5. The molecule has 0 saturated carbocycles. The maximum Gasteiger partial charge on any atom is 0.238 e. The van der Waals surface area contributed by atoms with Crippen LogP contribution in [0.1, 0.15) is 31.4 Å². The molecular weight excluding hydrogens is 364 g/mol. The third kappa shape index (κ3) is 6.28. The number of benzene rings is 1. The van der Waals surface area contributed by atoms with Gasteiger partial charge in [-0.3, -0.25) is 19.4 Å². The van der Waals surface area contributed by atoms with Gasteiger partial charge in [0.1, 0.15) is 0 Å². The molecule has 1 aromatic rings. The number of nitrogens with zero attached hydrogens (tertiary/aromatic N) is 3. The number of piperazine rings is 1. The van der Waals surface area contributed by atoms with Crippen LogP contribution < -0.4 is 5.32 Å². The molecule has 0 aromatic heterocycles. The highest BCUT2D eigenvalue weighted by Crippen LogP contribution is 2.21. The lowest BCUT2D eigenvalue weighted by atomic mass is 9.92. The number of hydrogen-bond donors (Lipinski definition) is 1. The molecule has 160 valence electrons. The molecule has 0 spiro atoms. The quantitative estimate of drug-likeness (QED) is 0.824. The number of hydrogen-bond acceptors (Lipinski definition) is 4. The van der Waals surface area contributed by atoms with Crippen molar-refractivity contribution in [3.63, 3.8) is 0 Å². The summed E-state index contributed by atoms with van der Waals surface area (Å²) < 4.78 is 0. The van der Waals surface area contributed by atoms with Crippen molar-refractivity contribution in [1.29, 1.82) is 0 Å². The zero-order chi connectivity index (χ0) is 21.0. The van der Waals surface area contributed by atoms with Crippen LogP contribution in [0, 0.1) is 25.7 Å². The molecule has 0 aliphatic carbocycles. The first-order valence-electron chi connectivity index (χ1n) is 10.9. The molecular formula is C23H36N4O2. The lowest BCUT2D eigenvalue weighted by Gasteiger charge is -2.38. The molecule has 2 amide bonds. The number of anilines is 1. The fraction of sp³-hybridized carbons (Fsp3) is 0.652. The summed E-state index contributed by atoms with van der Waals surface area (Å²) in [6, 6.07) is 6.10. The molecule has 29 heavy (non-hydrogen) atoms. The fourth-order valence-corrected chi connectivity index (χ4v) is 4.53. The Morgan fingerprint density at radius 3 is 2.17 bits per heavy atom. The van der Waals surface area contributed by atoms with E-state index >= 15 is 0 Å². The minimum absolute atomic E-state index is 0.0273. The summed E-state index contributed by atoms with van der Waals surface area (Å²) in [5, 5.41) is 3.04. The summed E-state index contributed by atoms with van der Waals surface area (Å²) >= 11 is 0. The van der Waals surface area contributed by atoms with Gasteiger partial charge in [-0.1, -0.05) is 26.0 Å². The van der Waals surface area contributed by atoms with Crippen LogP contribution in [0.25, 0.3) is 0 Å². The maximum atomic E-state index is 12.7. The summed E-state index contributed by atoms with van der Waals surface area (Å²) in [5.74, 6) is 1.47. The first kappa shape index (κ1) is 21.8. The molecule has 2 heterocycles. The van der Waals surface area contributed by atoms with E-state index in [0.29, 0.717) is 24.9 Å². The molecule has 2 aliphatic rings. The first-order valence-corrected chi connectivity index (χ1v) is 10.9. The van der Waals surface area contributed by atoms with Gasteiger partial charge in [0.05, 0.1) is 13.1 Å². The van der Waals surface area contributed by atoms with Crippen molar-refractivity contribution in [1.82, 2.24) is 14.7 Å². The third-order valence-corrected chi connectivity index (χ3v) is 6.08. The number of rotatable bonds is 5. The average molecular weight is 401 g/mol. The van der Waals surface area contributed by atoms with Gasteiger partial charge in [-0.25, -0.2) is 0 Å². The Balaban J connectivity index is 1.41. The molecule has 2 saturated heterocycles. The van der Waals surface area contributed by atoms with E-state index in [1.807, 2.05) is 30.9 Å². The van der Waals surface area contributed by atoms with E-state index in [-0.39, 0.29) is 11.8 Å². The zero-order valence-corrected chi connectivity index (χ0v) is 18.4. The van der Waals surface area contributed by atoms with Gasteiger partial charge in [0.25, 0.3) is 0 Å². The fourth-order valence-electron chi connectivity index (χ4n) is 4.53. The molecule has 1 N–H and O–H groups in total. The maximum absolute atomic E-state index is 12.7. The standard InChI is InChI=1S/C23H36N4O2/c1-17-5-6-20(4)21(12-17)24-22(28)15-25-7-9-26(10-8-25)16-23(29)27-13-18(2)11-19(3)14-27/h5-6,12,18-19H,7-11,13-16H2,1-4H3,(H,24,28)/t18-,19-/m1/s1. The van der Waals surface area contributed by atoms with Crippen LogP contribution in [0.3, 0.4) is 0 Å². The van der Waals surface area contributed by atoms with E-state index in [0.717, 1.165) is 56.1 Å². The van der Waals surface area contributed by atoms with Gasteiger partial charge in [-0.15, -0.1) is 0 Å². The number of likely N-dealkylation sites (tertiary alicyclic amines) is 1. The lowest BCUT2D eigenvalue weighted by molar-refractivity contribution is -0.135. The number of carbonyl (C=O) groups excluding carboxylic acids is 2. The predicted octanol–water partition coefficient (Wildman–Crippen LogP) is 2.36. The van der Waals surface area contributed by atoms with Crippen molar-refractivity contribution in [2.75, 3.05) is 57.7 Å². The molecule has 0 bridgehead atoms. The van der Waals surface area contributed by atoms with Gasteiger partial charge in [-0.05, 0) is 49.3 Å². The highest BCUT2D eigenvalue weighted by molar-refractivity contribution is 5.93. The van der Waals surface area contributed by atoms with Crippen LogP contribution in [0.15, 0.2) is 18.2 Å². The monoisotopic (exact) mass is 400 g/mol. The van der Waals surface area contributed by atoms with Gasteiger partial charge >= 0.3 is 0 Å². The van der Waals surface area contributed by atoms with Crippen LogP contribution in [-0.2, 0) is 9.59 Å². The van der Waals surface area contributed by atoms with Crippen LogP contribution in [0.4, 0.5) is 5.69 Å². The second kappa shape index (κ2) is 9.72. The second-order valence-electron chi connectivity index (χ2n) is 9.16. The van der Waals surface area contributed by atoms with Crippen molar-refractivity contribution < 1.29 is 9.59 Å². The average Bonchev–Trinajstić information content (AvgIpc) is 2.65. The van der Waals surface area contributed by atoms with Crippen molar-refractivity contribution in [2.24, 2.45) is 11.8 Å². The minimum atomic E-state index is 0.0273. The molecule has 2 fully saturated rings. The van der Waals surface area contributed by atoms with Crippen molar-refractivity contribution >= 4 is 17.5 Å². The molecule has 1 aromatic carbocycles. The topological polar surface area (TPSA) is 55.9 Å². The summed E-state index contributed by atoms with van der Waals surface area (Å²) in [5.41, 5.74) is 3.11. The lowest BCUT2D eigenvalue weighted by Crippen LogP contribution is -2.52. The highest BCUT2D eigenvalue weighted by Gasteiger charge is 2.27. The number of piperidine rings is 1. The van der Waals surface area contributed by atoms with Crippen molar-refractivity contribution in [3.05, 3.63) is 29.3 Å². The zero-order valence-electron chi connectivity index (χ0n) is 18.4. The molecule has 6 heteroatoms. The third-order valence-electron chi connectivity index (χ3n) is 6.08. The Bertz CT molecular complexity index is 718. The van der Waals surface area contributed by atoms with Crippen molar-refractivity contribution in [3.8, 4) is 0 Å². The Morgan fingerprint density at radius 1 is 0.966 bits per heavy atom. The van der Waals surface area contributed by atoms with E-state index < -0.39 is 0 Å². The van der Waals surface area contributed by atoms with Crippen molar-refractivity contribution in [2.45, 2.75) is 34.1 Å². The van der Waals surface area contributed by atoms with Gasteiger partial charge in [0.15, 0.2) is 0 Å². The Labute approximate surface area is 175 Å². The highest BCUT2D eigenvalue weighted by atomic mass is 16.2. The summed E-state index contributed by atoms with van der Waals surface area (Å²) in [4.78, 5) is 31.6. The molecule has 2 atom stereocenters. The van der Waals surface area contributed by atoms with Crippen LogP contribution in [0.5, 0.6) is 0 Å². The normalized spacial score (nSPS) is 23.8. The SMILES string of the molecule is Cc1ccc(C)c(NC(=O)CN2CCN(CC(=O)N3C[C@H](C)C[C@@H](C)C3)CC2)c1. The molecule has 0 unspecified atom stereocenters. The summed E-state index contributed by atoms with van der Waals surface area (Å²) in [6.07, 6.45) is 1.21. The number of aryl methyl sites for hydroxylation is 2. The number of carbonyl (C=O) groups is 2. The smallest absolute Gasteiger partial charge is 0.238 e. The van der Waals surface area contributed by atoms with Gasteiger partial charge in [0.2, 0.25) is 11.8 Å². The predicted molar refractivity (Wildman–Crippen MR) is 117 cm³/mol. The van der Waals surface area contributed by atoms with E-state index in [9.17, 15) is 9.59 Å². The van der Waals surface area contributed by atoms with E-state index in [4.69, 9.17) is 0 Å². The molecule has 6 nitrogen and oxygen atoms in total. The van der Waals surface area contributed by atoms with Crippen LogP contribution >= 0.6 is 0 Å². The molecule has 0 radical (unpaired) electrons. The van der Waals surface area contributed by atoms with Gasteiger partial charge < -0.3 is 10.2 Å². The van der Waals surface area contributed by atoms with E-state index in [1.54, 1.807) is 0 Å². The number of nitrogens with one attached hydrogen (secondary N) is 1. The van der Waals surface area contributed by atoms with E-state index in [2.05, 4.69) is 35.0 Å². The Kier molecular flexibility index (Phi) is 7.30. The molecule has 2 aliphatic heterocycles. The Hall–Kier alpha value is -1.92. The first-order chi connectivity index (χ1) is 13.8. The largest absolute Gasteiger partial charge is 0.341 e. The Morgan fingerprint density at radius 2 is 1.55 bits per heavy atom. The molecule has 3 rings (SSSR count). The van der Waals surface area contributed by atoms with Crippen LogP contribution in [0.2, 0.25) is 0 Å². The minimum Gasteiger partial charge on any atom is -0.341 e. The number of amides is 2. The van der Waals surface area contributed by atoms with Gasteiger partial charge in [-0.2, -0.15) is 0 Å².